The van der Waals surface area contributed by atoms with Crippen molar-refractivity contribution in [2.75, 3.05) is 0 Å². The Morgan fingerprint density at radius 3 is 2.24 bits per heavy atom. The Morgan fingerprint density at radius 2 is 1.74 bits per heavy atom. The number of halogens is 2. The molecule has 1 aromatic heterocycles. The molecule has 0 unspecified atom stereocenters. The van der Waals surface area contributed by atoms with Crippen LogP contribution in [-0.2, 0) is 25.9 Å². The molecular formula is C24H35BF2N2O4S. The Hall–Kier alpha value is -1.49. The summed E-state index contributed by atoms with van der Waals surface area (Å²) in [7, 11) is -4.39. The second kappa shape index (κ2) is 8.28. The van der Waals surface area contributed by atoms with Crippen LogP contribution in [0.4, 0.5) is 8.78 Å². The Bertz CT molecular complexity index is 1170. The average Bonchev–Trinajstić information content (AvgIpc) is 3.45. The van der Waals surface area contributed by atoms with Crippen molar-refractivity contribution in [2.24, 2.45) is 5.41 Å². The first-order valence-corrected chi connectivity index (χ1v) is 13.3. The number of alkyl halides is 2. The Kier molecular flexibility index (Phi) is 6.24. The molecule has 0 spiro atoms. The van der Waals surface area contributed by atoms with Crippen molar-refractivity contribution < 1.29 is 26.5 Å². The zero-order valence-electron chi connectivity index (χ0n) is 21.0. The van der Waals surface area contributed by atoms with Crippen LogP contribution in [0.3, 0.4) is 0 Å². The lowest BCUT2D eigenvalue weighted by Gasteiger charge is -2.32. The largest absolute Gasteiger partial charge is 0.494 e. The van der Waals surface area contributed by atoms with E-state index in [4.69, 9.17) is 9.31 Å². The zero-order chi connectivity index (χ0) is 25.3. The van der Waals surface area contributed by atoms with Gasteiger partial charge in [0.2, 0.25) is 10.0 Å². The minimum absolute atomic E-state index is 0.128. The quantitative estimate of drug-likeness (QED) is 0.578. The van der Waals surface area contributed by atoms with Crippen LogP contribution >= 0.6 is 0 Å². The summed E-state index contributed by atoms with van der Waals surface area (Å²) >= 11 is 0. The van der Waals surface area contributed by atoms with Gasteiger partial charge >= 0.3 is 7.12 Å². The number of aromatic nitrogens is 1. The van der Waals surface area contributed by atoms with E-state index in [0.29, 0.717) is 24.8 Å². The van der Waals surface area contributed by atoms with E-state index in [1.54, 1.807) is 12.3 Å². The third kappa shape index (κ3) is 4.92. The molecule has 1 aliphatic heterocycles. The van der Waals surface area contributed by atoms with Gasteiger partial charge in [-0.25, -0.2) is 21.9 Å². The van der Waals surface area contributed by atoms with E-state index in [1.807, 2.05) is 44.4 Å². The number of rotatable bonds is 7. The number of benzene rings is 1. The second-order valence-electron chi connectivity index (χ2n) is 11.8. The lowest BCUT2D eigenvalue weighted by atomic mass is 9.78. The molecule has 2 fully saturated rings. The van der Waals surface area contributed by atoms with Gasteiger partial charge in [0, 0.05) is 29.2 Å². The fourth-order valence-electron chi connectivity index (χ4n) is 4.26. The highest BCUT2D eigenvalue weighted by atomic mass is 32.2. The summed E-state index contributed by atoms with van der Waals surface area (Å²) in [6.45, 7) is 14.7. The van der Waals surface area contributed by atoms with Crippen LogP contribution < -0.4 is 10.2 Å². The molecule has 0 radical (unpaired) electrons. The minimum Gasteiger partial charge on any atom is -0.399 e. The number of nitrogens with zero attached hydrogens (tertiary/aromatic N) is 1. The van der Waals surface area contributed by atoms with Gasteiger partial charge in [0.25, 0.3) is 6.43 Å². The molecule has 6 nitrogen and oxygen atoms in total. The average molecular weight is 496 g/mol. The summed E-state index contributed by atoms with van der Waals surface area (Å²) in [5.41, 5.74) is 0.669. The third-order valence-corrected chi connectivity index (χ3v) is 8.88. The van der Waals surface area contributed by atoms with Crippen molar-refractivity contribution in [1.29, 1.82) is 0 Å². The zero-order valence-corrected chi connectivity index (χ0v) is 21.8. The molecule has 1 N–H and O–H groups in total. The number of hydrogen-bond donors (Lipinski definition) is 1. The Labute approximate surface area is 201 Å². The molecule has 4 rings (SSSR count). The first kappa shape index (κ1) is 25.6. The highest BCUT2D eigenvalue weighted by molar-refractivity contribution is 7.90. The van der Waals surface area contributed by atoms with Gasteiger partial charge in [-0.1, -0.05) is 32.9 Å². The van der Waals surface area contributed by atoms with E-state index in [-0.39, 0.29) is 11.0 Å². The molecule has 2 heterocycles. The molecule has 1 aromatic carbocycles. The van der Waals surface area contributed by atoms with Crippen molar-refractivity contribution in [3.63, 3.8) is 0 Å². The van der Waals surface area contributed by atoms with Crippen LogP contribution in [0.5, 0.6) is 0 Å². The van der Waals surface area contributed by atoms with E-state index in [1.165, 1.54) is 0 Å². The van der Waals surface area contributed by atoms with Gasteiger partial charge in [0.15, 0.2) is 0 Å². The number of sulfonamides is 1. The third-order valence-electron chi connectivity index (χ3n) is 6.95. The Morgan fingerprint density at radius 1 is 1.15 bits per heavy atom. The van der Waals surface area contributed by atoms with Gasteiger partial charge < -0.3 is 13.9 Å². The van der Waals surface area contributed by atoms with Crippen molar-refractivity contribution in [1.82, 2.24) is 9.29 Å². The molecular weight excluding hydrogens is 461 g/mol. The Balaban J connectivity index is 1.79. The molecule has 1 aliphatic carbocycles. The number of fused-ring (bicyclic) bond motifs is 1. The highest BCUT2D eigenvalue weighted by Gasteiger charge is 2.51. The standard InChI is InChI=1S/C24H35BF2N2O4S/c1-22(2,3)14-29-13-18(20(21(26)27)28-34(30,31)16-9-10-16)17-11-8-15(12-19(17)29)25-32-23(4,5)24(6,7)33-25/h8,11-13,16,20-21,28H,9-10,14H2,1-7H3/t20-/m0/s1. The van der Waals surface area contributed by atoms with Gasteiger partial charge in [0.05, 0.1) is 16.5 Å². The lowest BCUT2D eigenvalue weighted by Crippen LogP contribution is -2.41. The normalized spacial score (nSPS) is 21.5. The van der Waals surface area contributed by atoms with E-state index in [9.17, 15) is 17.2 Å². The summed E-state index contributed by atoms with van der Waals surface area (Å²) < 4.78 is 70.0. The van der Waals surface area contributed by atoms with Crippen molar-refractivity contribution in [3.05, 3.63) is 30.0 Å². The van der Waals surface area contributed by atoms with Crippen LogP contribution in [0.15, 0.2) is 24.4 Å². The lowest BCUT2D eigenvalue weighted by molar-refractivity contribution is 0.00578. The fourth-order valence-corrected chi connectivity index (χ4v) is 5.79. The smallest absolute Gasteiger partial charge is 0.399 e. The summed E-state index contributed by atoms with van der Waals surface area (Å²) in [4.78, 5) is 0. The van der Waals surface area contributed by atoms with Crippen LogP contribution in [-0.4, -0.2) is 43.0 Å². The predicted molar refractivity (Wildman–Crippen MR) is 131 cm³/mol. The van der Waals surface area contributed by atoms with Crippen molar-refractivity contribution in [3.8, 4) is 0 Å². The molecule has 2 aliphatic rings. The van der Waals surface area contributed by atoms with E-state index in [2.05, 4.69) is 25.5 Å². The van der Waals surface area contributed by atoms with Gasteiger partial charge in [-0.2, -0.15) is 0 Å². The fraction of sp³-hybridized carbons (Fsp3) is 0.667. The molecule has 1 atom stereocenters. The summed E-state index contributed by atoms with van der Waals surface area (Å²) in [6.07, 6.45) is -0.204. The summed E-state index contributed by atoms with van der Waals surface area (Å²) in [6, 6.07) is 3.88. The summed E-state index contributed by atoms with van der Waals surface area (Å²) in [5.74, 6) is 0. The molecule has 0 amide bonds. The molecule has 10 heteroatoms. The van der Waals surface area contributed by atoms with Gasteiger partial charge in [-0.15, -0.1) is 0 Å². The maximum atomic E-state index is 14.2. The van der Waals surface area contributed by atoms with E-state index in [0.717, 1.165) is 11.0 Å². The minimum atomic E-state index is -3.80. The number of nitrogens with one attached hydrogen (secondary N) is 1. The SMILES string of the molecule is CC(C)(C)Cn1cc([C@H](NS(=O)(=O)C2CC2)C(F)F)c2ccc(B3OC(C)(C)C(C)(C)O3)cc21. The van der Waals surface area contributed by atoms with Gasteiger partial charge in [0.1, 0.15) is 6.04 Å². The molecule has 188 valence electrons. The van der Waals surface area contributed by atoms with Crippen LogP contribution in [0.1, 0.15) is 72.9 Å². The first-order valence-electron chi connectivity index (χ1n) is 11.8. The predicted octanol–water partition coefficient (Wildman–Crippen LogP) is 4.37. The van der Waals surface area contributed by atoms with Gasteiger partial charge in [-0.05, 0) is 57.5 Å². The number of hydrogen-bond acceptors (Lipinski definition) is 4. The molecule has 2 aromatic rings. The van der Waals surface area contributed by atoms with E-state index >= 15 is 0 Å². The topological polar surface area (TPSA) is 69.6 Å². The van der Waals surface area contributed by atoms with Crippen LogP contribution in [0.25, 0.3) is 10.9 Å². The highest BCUT2D eigenvalue weighted by Crippen LogP contribution is 2.38. The van der Waals surface area contributed by atoms with Crippen LogP contribution in [0.2, 0.25) is 0 Å². The van der Waals surface area contributed by atoms with Crippen molar-refractivity contribution >= 4 is 33.5 Å². The monoisotopic (exact) mass is 496 g/mol. The van der Waals surface area contributed by atoms with Gasteiger partial charge in [-0.3, -0.25) is 0 Å². The molecule has 1 saturated carbocycles. The first-order chi connectivity index (χ1) is 15.5. The second-order valence-corrected chi connectivity index (χ2v) is 13.8. The van der Waals surface area contributed by atoms with E-state index < -0.39 is 46.1 Å². The van der Waals surface area contributed by atoms with Crippen molar-refractivity contribution in [2.45, 2.75) is 96.8 Å². The van der Waals surface area contributed by atoms with Crippen LogP contribution in [0, 0.1) is 5.41 Å². The maximum Gasteiger partial charge on any atom is 0.494 e. The summed E-state index contributed by atoms with van der Waals surface area (Å²) in [5, 5.41) is 0.0139. The maximum absolute atomic E-state index is 14.2. The molecule has 1 saturated heterocycles. The molecule has 0 bridgehead atoms. The molecule has 34 heavy (non-hydrogen) atoms.